The molecule has 0 amide bonds. The molecule has 70 valence electrons. The van der Waals surface area contributed by atoms with Crippen LogP contribution in [0, 0.1) is 0 Å². The SMILES string of the molecule is CCON[C@@H](CC(=O)O)C(C)=O. The molecule has 0 aromatic carbocycles. The minimum absolute atomic E-state index is 0.245. The van der Waals surface area contributed by atoms with Gasteiger partial charge < -0.3 is 9.94 Å². The quantitative estimate of drug-likeness (QED) is 0.554. The van der Waals surface area contributed by atoms with Crippen molar-refractivity contribution in [2.75, 3.05) is 6.61 Å². The molecule has 2 N–H and O–H groups in total. The second-order valence-electron chi connectivity index (χ2n) is 2.31. The Morgan fingerprint density at radius 3 is 2.50 bits per heavy atom. The van der Waals surface area contributed by atoms with E-state index in [0.29, 0.717) is 6.61 Å². The smallest absolute Gasteiger partial charge is 0.305 e. The highest BCUT2D eigenvalue weighted by molar-refractivity contribution is 5.85. The molecule has 0 spiro atoms. The summed E-state index contributed by atoms with van der Waals surface area (Å²) in [5, 5.41) is 8.38. The van der Waals surface area contributed by atoms with Crippen LogP contribution in [0.4, 0.5) is 0 Å². The first-order chi connectivity index (χ1) is 5.57. The van der Waals surface area contributed by atoms with Crippen molar-refractivity contribution in [3.05, 3.63) is 0 Å². The van der Waals surface area contributed by atoms with E-state index in [-0.39, 0.29) is 12.2 Å². The number of hydrogen-bond donors (Lipinski definition) is 2. The normalized spacial score (nSPS) is 12.5. The Hall–Kier alpha value is -0.940. The molecule has 5 nitrogen and oxygen atoms in total. The van der Waals surface area contributed by atoms with Gasteiger partial charge in [-0.15, -0.1) is 0 Å². The Kier molecular flexibility index (Phi) is 5.23. The fourth-order valence-corrected chi connectivity index (χ4v) is 0.627. The maximum Gasteiger partial charge on any atom is 0.305 e. The Bertz CT molecular complexity index is 169. The number of carbonyl (C=O) groups is 2. The Balaban J connectivity index is 3.87. The third kappa shape index (κ3) is 4.81. The number of rotatable bonds is 6. The molecule has 5 heteroatoms. The van der Waals surface area contributed by atoms with Crippen molar-refractivity contribution < 1.29 is 19.5 Å². The molecule has 0 aliphatic rings. The van der Waals surface area contributed by atoms with Gasteiger partial charge in [-0.3, -0.25) is 9.59 Å². The summed E-state index contributed by atoms with van der Waals surface area (Å²) < 4.78 is 0. The zero-order valence-electron chi connectivity index (χ0n) is 7.16. The zero-order chi connectivity index (χ0) is 9.56. The molecule has 0 heterocycles. The van der Waals surface area contributed by atoms with Gasteiger partial charge in [-0.1, -0.05) is 0 Å². The van der Waals surface area contributed by atoms with E-state index in [1.807, 2.05) is 0 Å². The molecular weight excluding hydrogens is 162 g/mol. The molecule has 0 rings (SSSR count). The third-order valence-corrected chi connectivity index (χ3v) is 1.24. The van der Waals surface area contributed by atoms with Gasteiger partial charge in [0.15, 0.2) is 0 Å². The van der Waals surface area contributed by atoms with E-state index in [0.717, 1.165) is 0 Å². The molecule has 0 aliphatic carbocycles. The van der Waals surface area contributed by atoms with Gasteiger partial charge in [0.1, 0.15) is 11.8 Å². The summed E-state index contributed by atoms with van der Waals surface area (Å²) in [6.07, 6.45) is -0.255. The zero-order valence-corrected chi connectivity index (χ0v) is 7.16. The van der Waals surface area contributed by atoms with Crippen LogP contribution in [0.1, 0.15) is 20.3 Å². The second-order valence-corrected chi connectivity index (χ2v) is 2.31. The van der Waals surface area contributed by atoms with Gasteiger partial charge in [0.05, 0.1) is 13.0 Å². The lowest BCUT2D eigenvalue weighted by Crippen LogP contribution is -2.37. The summed E-state index contributed by atoms with van der Waals surface area (Å²) in [4.78, 5) is 25.7. The topological polar surface area (TPSA) is 75.6 Å². The molecule has 0 radical (unpaired) electrons. The fraction of sp³-hybridized carbons (Fsp3) is 0.714. The van der Waals surface area contributed by atoms with Crippen molar-refractivity contribution in [3.63, 3.8) is 0 Å². The average Bonchev–Trinajstić information content (AvgIpc) is 1.96. The van der Waals surface area contributed by atoms with Crippen LogP contribution in [-0.2, 0) is 14.4 Å². The van der Waals surface area contributed by atoms with Gasteiger partial charge in [-0.25, -0.2) is 0 Å². The summed E-state index contributed by atoms with van der Waals surface area (Å²) >= 11 is 0. The van der Waals surface area contributed by atoms with Gasteiger partial charge in [0.2, 0.25) is 0 Å². The number of carboxylic acid groups (broad SMARTS) is 1. The number of hydrogen-bond acceptors (Lipinski definition) is 4. The number of aliphatic carboxylic acids is 1. The van der Waals surface area contributed by atoms with Crippen molar-refractivity contribution in [2.45, 2.75) is 26.3 Å². The van der Waals surface area contributed by atoms with E-state index in [9.17, 15) is 9.59 Å². The highest BCUT2D eigenvalue weighted by Crippen LogP contribution is 1.93. The highest BCUT2D eigenvalue weighted by Gasteiger charge is 2.17. The predicted octanol–water partition coefficient (Wildman–Crippen LogP) is -0.0402. The summed E-state index contributed by atoms with van der Waals surface area (Å²) in [7, 11) is 0. The molecule has 0 aliphatic heterocycles. The van der Waals surface area contributed by atoms with Crippen molar-refractivity contribution in [1.29, 1.82) is 0 Å². The minimum Gasteiger partial charge on any atom is -0.481 e. The first kappa shape index (κ1) is 11.1. The fourth-order valence-electron chi connectivity index (χ4n) is 0.627. The molecule has 0 saturated heterocycles. The van der Waals surface area contributed by atoms with Crippen LogP contribution in [0.5, 0.6) is 0 Å². The number of Topliss-reactive ketones (excluding diaryl/α,β-unsaturated/α-hetero) is 1. The maximum atomic E-state index is 10.8. The van der Waals surface area contributed by atoms with E-state index in [1.165, 1.54) is 6.92 Å². The lowest BCUT2D eigenvalue weighted by atomic mass is 10.1. The Morgan fingerprint density at radius 1 is 1.58 bits per heavy atom. The number of hydroxylamine groups is 1. The largest absolute Gasteiger partial charge is 0.481 e. The van der Waals surface area contributed by atoms with Gasteiger partial charge in [-0.05, 0) is 13.8 Å². The number of nitrogens with one attached hydrogen (secondary N) is 1. The van der Waals surface area contributed by atoms with Crippen LogP contribution in [-0.4, -0.2) is 29.5 Å². The van der Waals surface area contributed by atoms with Gasteiger partial charge in [0.25, 0.3) is 0 Å². The number of ketones is 1. The van der Waals surface area contributed by atoms with E-state index in [1.54, 1.807) is 6.92 Å². The number of carbonyl (C=O) groups excluding carboxylic acids is 1. The molecule has 12 heavy (non-hydrogen) atoms. The second kappa shape index (κ2) is 5.68. The van der Waals surface area contributed by atoms with Crippen LogP contribution < -0.4 is 5.48 Å². The lowest BCUT2D eigenvalue weighted by molar-refractivity contribution is -0.141. The van der Waals surface area contributed by atoms with Crippen molar-refractivity contribution >= 4 is 11.8 Å². The molecule has 0 bridgehead atoms. The summed E-state index contributed by atoms with van der Waals surface area (Å²) in [5.74, 6) is -1.27. The van der Waals surface area contributed by atoms with Crippen LogP contribution in [0.15, 0.2) is 0 Å². The van der Waals surface area contributed by atoms with E-state index >= 15 is 0 Å². The van der Waals surface area contributed by atoms with Gasteiger partial charge in [0, 0.05) is 0 Å². The standard InChI is InChI=1S/C7H13NO4/c1-3-12-8-6(5(2)9)4-7(10)11/h6,8H,3-4H2,1-2H3,(H,10,11)/t6-/m0/s1. The molecule has 1 atom stereocenters. The summed E-state index contributed by atoms with van der Waals surface area (Å²) in [6, 6.07) is -0.748. The molecule has 0 fully saturated rings. The average molecular weight is 175 g/mol. The monoisotopic (exact) mass is 175 g/mol. The maximum absolute atomic E-state index is 10.8. The van der Waals surface area contributed by atoms with Crippen molar-refractivity contribution in [3.8, 4) is 0 Å². The molecule has 0 aromatic heterocycles. The van der Waals surface area contributed by atoms with Crippen LogP contribution in [0.2, 0.25) is 0 Å². The molecule has 0 saturated carbocycles. The minimum atomic E-state index is -1.03. The van der Waals surface area contributed by atoms with Gasteiger partial charge in [-0.2, -0.15) is 5.48 Å². The van der Waals surface area contributed by atoms with E-state index < -0.39 is 12.0 Å². The summed E-state index contributed by atoms with van der Waals surface area (Å²) in [6.45, 7) is 3.45. The first-order valence-corrected chi connectivity index (χ1v) is 3.67. The van der Waals surface area contributed by atoms with Crippen LogP contribution in [0.25, 0.3) is 0 Å². The van der Waals surface area contributed by atoms with E-state index in [2.05, 4.69) is 5.48 Å². The van der Waals surface area contributed by atoms with Crippen LogP contribution >= 0.6 is 0 Å². The molecular formula is C7H13NO4. The number of carboxylic acids is 1. The Labute approximate surface area is 70.7 Å². The summed E-state index contributed by atoms with van der Waals surface area (Å²) in [5.41, 5.74) is 2.37. The molecule has 0 aromatic rings. The van der Waals surface area contributed by atoms with Gasteiger partial charge >= 0.3 is 5.97 Å². The van der Waals surface area contributed by atoms with Crippen molar-refractivity contribution in [2.24, 2.45) is 0 Å². The lowest BCUT2D eigenvalue weighted by Gasteiger charge is -2.11. The Morgan fingerprint density at radius 2 is 2.17 bits per heavy atom. The first-order valence-electron chi connectivity index (χ1n) is 3.67. The third-order valence-electron chi connectivity index (χ3n) is 1.24. The highest BCUT2D eigenvalue weighted by atomic mass is 16.6. The molecule has 0 unspecified atom stereocenters. The van der Waals surface area contributed by atoms with Crippen LogP contribution in [0.3, 0.4) is 0 Å². The van der Waals surface area contributed by atoms with Crippen molar-refractivity contribution in [1.82, 2.24) is 5.48 Å². The predicted molar refractivity (Wildman–Crippen MR) is 41.5 cm³/mol. The van der Waals surface area contributed by atoms with E-state index in [4.69, 9.17) is 9.94 Å².